The van der Waals surface area contributed by atoms with E-state index in [-0.39, 0.29) is 12.1 Å². The van der Waals surface area contributed by atoms with Gasteiger partial charge in [0.05, 0.1) is 0 Å². The Labute approximate surface area is 153 Å². The molecule has 0 bridgehead atoms. The normalized spacial score (nSPS) is 12.7. The van der Waals surface area contributed by atoms with E-state index in [4.69, 9.17) is 16.3 Å². The predicted octanol–water partition coefficient (Wildman–Crippen LogP) is 2.66. The summed E-state index contributed by atoms with van der Waals surface area (Å²) < 4.78 is 5.67. The largest absolute Gasteiger partial charge is 0.491 e. The molecule has 1 unspecified atom stereocenters. The average Bonchev–Trinajstić information content (AvgIpc) is 2.59. The van der Waals surface area contributed by atoms with Gasteiger partial charge in [0.1, 0.15) is 24.3 Å². The molecule has 0 aliphatic rings. The second kappa shape index (κ2) is 8.99. The van der Waals surface area contributed by atoms with Crippen molar-refractivity contribution in [2.75, 3.05) is 25.0 Å². The molecule has 7 heteroatoms. The molecule has 0 radical (unpaired) electrons. The van der Waals surface area contributed by atoms with E-state index in [1.807, 2.05) is 45.0 Å². The smallest absolute Gasteiger partial charge is 0.151 e. The van der Waals surface area contributed by atoms with Crippen molar-refractivity contribution in [3.8, 4) is 5.75 Å². The van der Waals surface area contributed by atoms with Crippen LogP contribution in [0.3, 0.4) is 0 Å². The Hall–Kier alpha value is -1.89. The minimum atomic E-state index is -0.603. The lowest BCUT2D eigenvalue weighted by Crippen LogP contribution is -2.49. The van der Waals surface area contributed by atoms with Gasteiger partial charge in [0.25, 0.3) is 0 Å². The lowest BCUT2D eigenvalue weighted by atomic mass is 10.1. The van der Waals surface area contributed by atoms with Gasteiger partial charge in [-0.15, -0.1) is 10.2 Å². The summed E-state index contributed by atoms with van der Waals surface area (Å²) in [5.41, 5.74) is 0.807. The molecule has 1 aromatic heterocycles. The third kappa shape index (κ3) is 6.86. The summed E-state index contributed by atoms with van der Waals surface area (Å²) in [5, 5.41) is 24.8. The van der Waals surface area contributed by atoms with E-state index in [2.05, 4.69) is 20.8 Å². The number of nitrogens with zero attached hydrogens (tertiary/aromatic N) is 2. The van der Waals surface area contributed by atoms with Crippen LogP contribution in [0, 0.1) is 6.92 Å². The van der Waals surface area contributed by atoms with Crippen molar-refractivity contribution in [3.63, 3.8) is 0 Å². The SMILES string of the molecule is Cc1ccccc1OCC(O)CNC(C)(C)CNc1ccc(Cl)nn1. The number of rotatable bonds is 9. The van der Waals surface area contributed by atoms with E-state index in [9.17, 15) is 5.11 Å². The molecule has 1 atom stereocenters. The number of para-hydroxylation sites is 1. The Morgan fingerprint density at radius 1 is 1.20 bits per heavy atom. The highest BCUT2D eigenvalue weighted by molar-refractivity contribution is 6.29. The third-order valence-corrected chi connectivity index (χ3v) is 3.89. The molecule has 0 spiro atoms. The fourth-order valence-corrected chi connectivity index (χ4v) is 2.24. The van der Waals surface area contributed by atoms with Crippen LogP contribution in [0.1, 0.15) is 19.4 Å². The van der Waals surface area contributed by atoms with Crippen molar-refractivity contribution in [2.45, 2.75) is 32.4 Å². The van der Waals surface area contributed by atoms with Crippen LogP contribution < -0.4 is 15.4 Å². The van der Waals surface area contributed by atoms with Crippen LogP contribution in [-0.2, 0) is 0 Å². The second-order valence-electron chi connectivity index (χ2n) is 6.59. The predicted molar refractivity (Wildman–Crippen MR) is 100 cm³/mol. The number of aliphatic hydroxyl groups excluding tert-OH is 1. The molecule has 0 amide bonds. The Bertz CT molecular complexity index is 664. The van der Waals surface area contributed by atoms with Gasteiger partial charge in [0.2, 0.25) is 0 Å². The quantitative estimate of drug-likeness (QED) is 0.635. The van der Waals surface area contributed by atoms with Gasteiger partial charge in [0, 0.05) is 18.6 Å². The highest BCUT2D eigenvalue weighted by Gasteiger charge is 2.19. The van der Waals surface area contributed by atoms with Crippen molar-refractivity contribution < 1.29 is 9.84 Å². The molecular weight excluding hydrogens is 340 g/mol. The van der Waals surface area contributed by atoms with Crippen molar-refractivity contribution >= 4 is 17.4 Å². The maximum atomic E-state index is 10.1. The molecule has 1 heterocycles. The van der Waals surface area contributed by atoms with Crippen LogP contribution in [-0.4, -0.2) is 46.6 Å². The minimum Gasteiger partial charge on any atom is -0.491 e. The summed E-state index contributed by atoms with van der Waals surface area (Å²) in [4.78, 5) is 0. The zero-order valence-corrected chi connectivity index (χ0v) is 15.5. The Morgan fingerprint density at radius 2 is 1.96 bits per heavy atom. The van der Waals surface area contributed by atoms with Crippen LogP contribution in [0.5, 0.6) is 5.75 Å². The highest BCUT2D eigenvalue weighted by atomic mass is 35.5. The van der Waals surface area contributed by atoms with Gasteiger partial charge in [-0.2, -0.15) is 0 Å². The fraction of sp³-hybridized carbons (Fsp3) is 0.444. The molecule has 0 aliphatic carbocycles. The fourth-order valence-electron chi connectivity index (χ4n) is 2.14. The number of benzene rings is 1. The molecule has 6 nitrogen and oxygen atoms in total. The third-order valence-electron chi connectivity index (χ3n) is 3.68. The number of anilines is 1. The number of hydrogen-bond donors (Lipinski definition) is 3. The molecule has 0 fully saturated rings. The molecule has 136 valence electrons. The number of aromatic nitrogens is 2. The number of aliphatic hydroxyl groups is 1. The van der Waals surface area contributed by atoms with Crippen LogP contribution in [0.4, 0.5) is 5.82 Å². The Balaban J connectivity index is 1.72. The highest BCUT2D eigenvalue weighted by Crippen LogP contribution is 2.16. The molecule has 2 aromatic rings. The first-order valence-corrected chi connectivity index (χ1v) is 8.58. The van der Waals surface area contributed by atoms with Gasteiger partial charge in [-0.3, -0.25) is 0 Å². The standard InChI is InChI=1S/C18H25ClN4O2/c1-13-6-4-5-7-15(13)25-11-14(24)10-21-18(2,3)12-20-17-9-8-16(19)22-23-17/h4-9,14,21,24H,10-12H2,1-3H3,(H,20,23). The van der Waals surface area contributed by atoms with Crippen molar-refractivity contribution in [1.29, 1.82) is 0 Å². The Kier molecular flexibility index (Phi) is 6.99. The molecule has 0 saturated carbocycles. The maximum Gasteiger partial charge on any atom is 0.151 e. The first-order chi connectivity index (χ1) is 11.9. The van der Waals surface area contributed by atoms with Gasteiger partial charge < -0.3 is 20.5 Å². The van der Waals surface area contributed by atoms with Gasteiger partial charge in [-0.1, -0.05) is 29.8 Å². The van der Waals surface area contributed by atoms with Crippen LogP contribution >= 0.6 is 11.6 Å². The molecular formula is C18H25ClN4O2. The van der Waals surface area contributed by atoms with Gasteiger partial charge in [-0.25, -0.2) is 0 Å². The van der Waals surface area contributed by atoms with Crippen LogP contribution in [0.15, 0.2) is 36.4 Å². The summed E-state index contributed by atoms with van der Waals surface area (Å²) in [7, 11) is 0. The van der Waals surface area contributed by atoms with Crippen molar-refractivity contribution in [3.05, 3.63) is 47.1 Å². The number of ether oxygens (including phenoxy) is 1. The zero-order chi connectivity index (χ0) is 18.3. The molecule has 3 N–H and O–H groups in total. The van der Waals surface area contributed by atoms with Gasteiger partial charge in [0.15, 0.2) is 5.15 Å². The lowest BCUT2D eigenvalue weighted by molar-refractivity contribution is 0.0993. The number of halogens is 1. The number of β-amino-alcohol motifs (C(OH)–C–C–N with tert-alkyl or cyclic N) is 1. The number of aryl methyl sites for hydroxylation is 1. The van der Waals surface area contributed by atoms with E-state index in [1.54, 1.807) is 12.1 Å². The minimum absolute atomic E-state index is 0.240. The van der Waals surface area contributed by atoms with E-state index in [0.29, 0.717) is 24.1 Å². The van der Waals surface area contributed by atoms with E-state index in [1.165, 1.54) is 0 Å². The molecule has 25 heavy (non-hydrogen) atoms. The molecule has 2 rings (SSSR count). The van der Waals surface area contributed by atoms with Crippen LogP contribution in [0.25, 0.3) is 0 Å². The lowest BCUT2D eigenvalue weighted by Gasteiger charge is -2.28. The topological polar surface area (TPSA) is 79.3 Å². The number of nitrogens with one attached hydrogen (secondary N) is 2. The van der Waals surface area contributed by atoms with E-state index in [0.717, 1.165) is 11.3 Å². The molecule has 0 saturated heterocycles. The zero-order valence-electron chi connectivity index (χ0n) is 14.8. The van der Waals surface area contributed by atoms with Crippen molar-refractivity contribution in [1.82, 2.24) is 15.5 Å². The first-order valence-electron chi connectivity index (χ1n) is 8.20. The first kappa shape index (κ1) is 19.4. The molecule has 0 aliphatic heterocycles. The number of hydrogen-bond acceptors (Lipinski definition) is 6. The summed E-state index contributed by atoms with van der Waals surface area (Å²) >= 11 is 5.72. The monoisotopic (exact) mass is 364 g/mol. The van der Waals surface area contributed by atoms with Crippen molar-refractivity contribution in [2.24, 2.45) is 0 Å². The molecule has 1 aromatic carbocycles. The second-order valence-corrected chi connectivity index (χ2v) is 6.98. The summed E-state index contributed by atoms with van der Waals surface area (Å²) in [6, 6.07) is 11.2. The summed E-state index contributed by atoms with van der Waals surface area (Å²) in [5.74, 6) is 1.45. The van der Waals surface area contributed by atoms with E-state index >= 15 is 0 Å². The van der Waals surface area contributed by atoms with E-state index < -0.39 is 6.10 Å². The Morgan fingerprint density at radius 3 is 2.64 bits per heavy atom. The summed E-state index contributed by atoms with van der Waals surface area (Å²) in [6.07, 6.45) is -0.603. The van der Waals surface area contributed by atoms with Gasteiger partial charge in [-0.05, 0) is 44.5 Å². The van der Waals surface area contributed by atoms with Crippen LogP contribution in [0.2, 0.25) is 5.15 Å². The summed E-state index contributed by atoms with van der Waals surface area (Å²) in [6.45, 7) is 7.34. The van der Waals surface area contributed by atoms with Gasteiger partial charge >= 0.3 is 0 Å². The maximum absolute atomic E-state index is 10.1. The average molecular weight is 365 g/mol.